The number of carbonyl (C=O) groups is 1. The van der Waals surface area contributed by atoms with Crippen LogP contribution in [-0.2, 0) is 15.3 Å². The molecule has 0 bridgehead atoms. The molecule has 4 N–H and O–H groups in total. The van der Waals surface area contributed by atoms with E-state index < -0.39 is 5.79 Å². The largest absolute Gasteiger partial charge is 0.451 e. The first-order chi connectivity index (χ1) is 16.0. The van der Waals surface area contributed by atoms with E-state index in [2.05, 4.69) is 9.97 Å². The second-order valence-corrected chi connectivity index (χ2v) is 7.43. The first kappa shape index (κ1) is 20.7. The van der Waals surface area contributed by atoms with E-state index in [0.29, 0.717) is 22.1 Å². The van der Waals surface area contributed by atoms with Gasteiger partial charge in [-0.1, -0.05) is 30.3 Å². The first-order valence-electron chi connectivity index (χ1n) is 10.1. The van der Waals surface area contributed by atoms with Gasteiger partial charge in [0.1, 0.15) is 11.4 Å². The van der Waals surface area contributed by atoms with Crippen LogP contribution in [-0.4, -0.2) is 34.7 Å². The first-order valence-corrected chi connectivity index (χ1v) is 10.1. The van der Waals surface area contributed by atoms with E-state index in [-0.39, 0.29) is 23.4 Å². The van der Waals surface area contributed by atoms with Crippen LogP contribution in [0, 0.1) is 0 Å². The third-order valence-corrected chi connectivity index (χ3v) is 5.71. The molecule has 0 saturated heterocycles. The van der Waals surface area contributed by atoms with E-state index in [1.165, 1.54) is 20.4 Å². The molecule has 0 aliphatic carbocycles. The van der Waals surface area contributed by atoms with Crippen LogP contribution in [0.15, 0.2) is 71.4 Å². The average molecular weight is 443 g/mol. The van der Waals surface area contributed by atoms with E-state index in [1.807, 2.05) is 30.3 Å². The number of benzene rings is 2. The molecule has 0 radical (unpaired) electrons. The van der Waals surface area contributed by atoms with Gasteiger partial charge in [-0.05, 0) is 24.3 Å². The predicted molar refractivity (Wildman–Crippen MR) is 124 cm³/mol. The number of furan rings is 1. The van der Waals surface area contributed by atoms with Gasteiger partial charge in [0.2, 0.25) is 11.7 Å². The number of para-hydroxylation sites is 1. The fraction of sp³-hybridized carbons (Fsp3) is 0.125. The molecule has 0 atom stereocenters. The zero-order chi connectivity index (χ0) is 23.2. The van der Waals surface area contributed by atoms with Gasteiger partial charge in [0.05, 0.1) is 11.1 Å². The maximum Gasteiger partial charge on any atom is 0.298 e. The normalized spacial score (nSPS) is 11.9. The van der Waals surface area contributed by atoms with Crippen molar-refractivity contribution in [3.8, 4) is 0 Å². The van der Waals surface area contributed by atoms with E-state index in [0.717, 1.165) is 10.9 Å². The average Bonchev–Trinajstić information content (AvgIpc) is 3.45. The van der Waals surface area contributed by atoms with Crippen LogP contribution >= 0.6 is 0 Å². The summed E-state index contributed by atoms with van der Waals surface area (Å²) in [5.74, 6) is -1.44. The number of nitrogen functional groups attached to an aromatic ring is 2. The fourth-order valence-corrected chi connectivity index (χ4v) is 4.16. The minimum absolute atomic E-state index is 0.0331. The number of methoxy groups -OCH3 is 2. The smallest absolute Gasteiger partial charge is 0.298 e. The number of aromatic nitrogens is 3. The van der Waals surface area contributed by atoms with Crippen LogP contribution in [0.1, 0.15) is 21.7 Å². The Kier molecular flexibility index (Phi) is 4.85. The Balaban J connectivity index is 1.68. The van der Waals surface area contributed by atoms with Gasteiger partial charge in [0.15, 0.2) is 5.76 Å². The highest BCUT2D eigenvalue weighted by molar-refractivity contribution is 6.03. The highest BCUT2D eigenvalue weighted by Gasteiger charge is 2.39. The fourth-order valence-electron chi connectivity index (χ4n) is 4.16. The molecule has 0 unspecified atom stereocenters. The van der Waals surface area contributed by atoms with Crippen LogP contribution < -0.4 is 11.5 Å². The Morgan fingerprint density at radius 3 is 2.58 bits per heavy atom. The summed E-state index contributed by atoms with van der Waals surface area (Å²) in [4.78, 5) is 21.4. The molecule has 3 heterocycles. The SMILES string of the molecule is COC(OC)(c1cnc(N)nc1N)c1cccc2oc(C(=O)n3ccc4ccccc43)cc12. The number of anilines is 2. The number of ether oxygens (including phenoxy) is 2. The zero-order valence-electron chi connectivity index (χ0n) is 18.0. The van der Waals surface area contributed by atoms with Gasteiger partial charge in [0.25, 0.3) is 5.91 Å². The van der Waals surface area contributed by atoms with Crippen LogP contribution in [0.25, 0.3) is 21.9 Å². The third-order valence-electron chi connectivity index (χ3n) is 5.71. The monoisotopic (exact) mass is 443 g/mol. The summed E-state index contributed by atoms with van der Waals surface area (Å²) < 4.78 is 19.2. The molecular formula is C24H21N5O4. The quantitative estimate of drug-likeness (QED) is 0.394. The lowest BCUT2D eigenvalue weighted by Gasteiger charge is -2.32. The Morgan fingerprint density at radius 1 is 1.03 bits per heavy atom. The highest BCUT2D eigenvalue weighted by Crippen LogP contribution is 2.40. The van der Waals surface area contributed by atoms with Crippen molar-refractivity contribution in [2.24, 2.45) is 0 Å². The molecule has 9 heteroatoms. The van der Waals surface area contributed by atoms with Gasteiger partial charge in [-0.3, -0.25) is 9.36 Å². The van der Waals surface area contributed by atoms with Gasteiger partial charge >= 0.3 is 0 Å². The van der Waals surface area contributed by atoms with Gasteiger partial charge in [-0.2, -0.15) is 4.98 Å². The van der Waals surface area contributed by atoms with Gasteiger partial charge in [-0.25, -0.2) is 4.98 Å². The maximum atomic E-state index is 13.3. The number of hydrogen-bond acceptors (Lipinski definition) is 8. The molecule has 3 aromatic heterocycles. The second-order valence-electron chi connectivity index (χ2n) is 7.43. The summed E-state index contributed by atoms with van der Waals surface area (Å²) in [7, 11) is 2.96. The number of rotatable bonds is 5. The number of nitrogens with zero attached hydrogens (tertiary/aromatic N) is 3. The molecule has 9 nitrogen and oxygen atoms in total. The molecule has 166 valence electrons. The summed E-state index contributed by atoms with van der Waals surface area (Å²) in [6.07, 6.45) is 3.18. The number of nitrogens with two attached hydrogens (primary N) is 2. The molecule has 33 heavy (non-hydrogen) atoms. The van der Waals surface area contributed by atoms with Crippen molar-refractivity contribution in [1.29, 1.82) is 0 Å². The zero-order valence-corrected chi connectivity index (χ0v) is 18.0. The highest BCUT2D eigenvalue weighted by atomic mass is 16.7. The van der Waals surface area contributed by atoms with Crippen LogP contribution in [0.4, 0.5) is 11.8 Å². The minimum atomic E-state index is -1.46. The maximum absolute atomic E-state index is 13.3. The molecular weight excluding hydrogens is 422 g/mol. The van der Waals surface area contributed by atoms with Crippen molar-refractivity contribution in [1.82, 2.24) is 14.5 Å². The number of carbonyl (C=O) groups excluding carboxylic acids is 1. The van der Waals surface area contributed by atoms with Gasteiger partial charge < -0.3 is 25.4 Å². The van der Waals surface area contributed by atoms with Crippen molar-refractivity contribution in [3.05, 3.63) is 83.9 Å². The standard InChI is InChI=1S/C24H21N5O4/c1-31-24(32-2,17-13-27-23(26)28-21(17)25)16-7-5-9-19-15(16)12-20(33-19)22(30)29-11-10-14-6-3-4-8-18(14)29/h3-13H,1-2H3,(H4,25,26,27,28). The Bertz CT molecular complexity index is 1500. The Morgan fingerprint density at radius 2 is 1.82 bits per heavy atom. The molecule has 0 amide bonds. The molecule has 2 aromatic carbocycles. The van der Waals surface area contributed by atoms with Crippen LogP contribution in [0.3, 0.4) is 0 Å². The van der Waals surface area contributed by atoms with Crippen molar-refractivity contribution in [3.63, 3.8) is 0 Å². The van der Waals surface area contributed by atoms with Crippen molar-refractivity contribution in [2.45, 2.75) is 5.79 Å². The summed E-state index contributed by atoms with van der Waals surface area (Å²) in [5, 5.41) is 1.58. The van der Waals surface area contributed by atoms with Crippen LogP contribution in [0.2, 0.25) is 0 Å². The van der Waals surface area contributed by atoms with Gasteiger partial charge in [-0.15, -0.1) is 0 Å². The lowest BCUT2D eigenvalue weighted by molar-refractivity contribution is -0.182. The lowest BCUT2D eigenvalue weighted by Crippen LogP contribution is -2.34. The van der Waals surface area contributed by atoms with E-state index in [4.69, 9.17) is 25.4 Å². The molecule has 0 fully saturated rings. The number of hydrogen-bond donors (Lipinski definition) is 2. The summed E-state index contributed by atoms with van der Waals surface area (Å²) in [6, 6.07) is 16.5. The molecule has 5 rings (SSSR count). The van der Waals surface area contributed by atoms with E-state index in [9.17, 15) is 4.79 Å². The summed E-state index contributed by atoms with van der Waals surface area (Å²) in [6.45, 7) is 0. The van der Waals surface area contributed by atoms with E-state index in [1.54, 1.807) is 35.0 Å². The molecule has 0 saturated carbocycles. The molecule has 0 aliphatic heterocycles. The molecule has 5 aromatic rings. The summed E-state index contributed by atoms with van der Waals surface area (Å²) >= 11 is 0. The number of fused-ring (bicyclic) bond motifs is 2. The predicted octanol–water partition coefficient (Wildman–Crippen LogP) is 3.52. The van der Waals surface area contributed by atoms with Gasteiger partial charge in [0, 0.05) is 42.9 Å². The third kappa shape index (κ3) is 3.13. The lowest BCUT2D eigenvalue weighted by atomic mass is 9.95. The minimum Gasteiger partial charge on any atom is -0.451 e. The summed E-state index contributed by atoms with van der Waals surface area (Å²) in [5.41, 5.74) is 14.0. The van der Waals surface area contributed by atoms with Crippen LogP contribution in [0.5, 0.6) is 0 Å². The van der Waals surface area contributed by atoms with Crippen molar-refractivity contribution < 1.29 is 18.7 Å². The molecule has 0 aliphatic rings. The van der Waals surface area contributed by atoms with Crippen molar-refractivity contribution in [2.75, 3.05) is 25.7 Å². The van der Waals surface area contributed by atoms with E-state index >= 15 is 0 Å². The second kappa shape index (κ2) is 7.73. The topological polar surface area (TPSA) is 131 Å². The Labute approximate surface area is 188 Å². The van der Waals surface area contributed by atoms with Crippen molar-refractivity contribution >= 4 is 39.5 Å². The molecule has 0 spiro atoms. The Hall–Kier alpha value is -4.21.